The van der Waals surface area contributed by atoms with Crippen LogP contribution in [0.4, 0.5) is 10.1 Å². The van der Waals surface area contributed by atoms with Crippen molar-refractivity contribution in [3.05, 3.63) is 59.9 Å². The summed E-state index contributed by atoms with van der Waals surface area (Å²) >= 11 is 1.32. The molecule has 0 saturated carbocycles. The number of thioether (sulfide) groups is 1. The number of halogens is 1. The Bertz CT molecular complexity index is 673. The van der Waals surface area contributed by atoms with Gasteiger partial charge in [-0.15, -0.1) is 11.8 Å². The molecule has 22 heavy (non-hydrogen) atoms. The number of anilines is 1. The maximum absolute atomic E-state index is 12.8. The van der Waals surface area contributed by atoms with Crippen LogP contribution in [0.3, 0.4) is 0 Å². The highest BCUT2D eigenvalue weighted by Crippen LogP contribution is 2.22. The van der Waals surface area contributed by atoms with Crippen molar-refractivity contribution in [1.82, 2.24) is 0 Å². The van der Waals surface area contributed by atoms with Crippen LogP contribution in [0.5, 0.6) is 0 Å². The van der Waals surface area contributed by atoms with E-state index in [-0.39, 0.29) is 17.6 Å². The molecule has 0 aromatic heterocycles. The van der Waals surface area contributed by atoms with Crippen LogP contribution < -0.4 is 5.32 Å². The van der Waals surface area contributed by atoms with Gasteiger partial charge in [-0.25, -0.2) is 4.39 Å². The summed E-state index contributed by atoms with van der Waals surface area (Å²) < 4.78 is 17.4. The number of benzene rings is 2. The third-order valence-corrected chi connectivity index (χ3v) is 3.75. The Morgan fingerprint density at radius 1 is 1.18 bits per heavy atom. The van der Waals surface area contributed by atoms with Gasteiger partial charge in [-0.3, -0.25) is 9.59 Å². The largest absolute Gasteiger partial charge is 0.468 e. The fourth-order valence-electron chi connectivity index (χ4n) is 1.67. The Labute approximate surface area is 131 Å². The number of rotatable bonds is 5. The molecule has 4 nitrogen and oxygen atoms in total. The zero-order valence-corrected chi connectivity index (χ0v) is 12.7. The second-order valence-electron chi connectivity index (χ2n) is 4.35. The topological polar surface area (TPSA) is 55.4 Å². The summed E-state index contributed by atoms with van der Waals surface area (Å²) in [7, 11) is 1.34. The molecular formula is C16H14FNO3S. The lowest BCUT2D eigenvalue weighted by Crippen LogP contribution is -2.11. The number of esters is 1. The molecular weight excluding hydrogens is 305 g/mol. The van der Waals surface area contributed by atoms with Gasteiger partial charge in [0.15, 0.2) is 0 Å². The van der Waals surface area contributed by atoms with Gasteiger partial charge in [-0.05, 0) is 42.5 Å². The second kappa shape index (κ2) is 7.61. The lowest BCUT2D eigenvalue weighted by atomic mass is 10.2. The van der Waals surface area contributed by atoms with Crippen LogP contribution in [0.2, 0.25) is 0 Å². The van der Waals surface area contributed by atoms with Crippen LogP contribution >= 0.6 is 11.8 Å². The van der Waals surface area contributed by atoms with Crippen molar-refractivity contribution >= 4 is 29.3 Å². The first-order valence-electron chi connectivity index (χ1n) is 6.45. The first-order chi connectivity index (χ1) is 10.6. The van der Waals surface area contributed by atoms with Crippen molar-refractivity contribution in [3.8, 4) is 0 Å². The van der Waals surface area contributed by atoms with Crippen LogP contribution in [-0.2, 0) is 9.53 Å². The highest BCUT2D eigenvalue weighted by molar-refractivity contribution is 8.00. The standard InChI is InChI=1S/C16H14FNO3S/c1-21-15(19)10-22-14-4-2-3-13(9-14)18-16(20)11-5-7-12(17)8-6-11/h2-9H,10H2,1H3,(H,18,20). The molecule has 114 valence electrons. The Morgan fingerprint density at radius 3 is 2.59 bits per heavy atom. The zero-order valence-electron chi connectivity index (χ0n) is 11.8. The second-order valence-corrected chi connectivity index (χ2v) is 5.40. The number of carbonyl (C=O) groups is 2. The first kappa shape index (κ1) is 16.0. The summed E-state index contributed by atoms with van der Waals surface area (Å²) in [5.74, 6) is -0.829. The molecule has 0 aliphatic carbocycles. The number of amides is 1. The molecule has 6 heteroatoms. The van der Waals surface area contributed by atoms with Gasteiger partial charge < -0.3 is 10.1 Å². The van der Waals surface area contributed by atoms with Crippen molar-refractivity contribution in [1.29, 1.82) is 0 Å². The molecule has 0 saturated heterocycles. The SMILES string of the molecule is COC(=O)CSc1cccc(NC(=O)c2ccc(F)cc2)c1. The van der Waals surface area contributed by atoms with E-state index < -0.39 is 5.82 Å². The average Bonchev–Trinajstić information content (AvgIpc) is 2.53. The molecule has 2 aromatic carbocycles. The van der Waals surface area contributed by atoms with Crippen LogP contribution in [-0.4, -0.2) is 24.7 Å². The van der Waals surface area contributed by atoms with E-state index in [9.17, 15) is 14.0 Å². The minimum Gasteiger partial charge on any atom is -0.468 e. The van der Waals surface area contributed by atoms with E-state index in [0.717, 1.165) is 4.90 Å². The Kier molecular flexibility index (Phi) is 5.55. The monoisotopic (exact) mass is 319 g/mol. The lowest BCUT2D eigenvalue weighted by Gasteiger charge is -2.07. The fraction of sp³-hybridized carbons (Fsp3) is 0.125. The smallest absolute Gasteiger partial charge is 0.315 e. The van der Waals surface area contributed by atoms with Crippen LogP contribution in [0.25, 0.3) is 0 Å². The highest BCUT2D eigenvalue weighted by atomic mass is 32.2. The summed E-state index contributed by atoms with van der Waals surface area (Å²) in [6.45, 7) is 0. The average molecular weight is 319 g/mol. The molecule has 1 N–H and O–H groups in total. The minimum atomic E-state index is -0.391. The molecule has 2 rings (SSSR count). The van der Waals surface area contributed by atoms with Gasteiger partial charge in [-0.2, -0.15) is 0 Å². The maximum atomic E-state index is 12.8. The van der Waals surface area contributed by atoms with Gasteiger partial charge >= 0.3 is 5.97 Å². The number of hydrogen-bond donors (Lipinski definition) is 1. The molecule has 1 amide bonds. The molecule has 0 bridgehead atoms. The number of methoxy groups -OCH3 is 1. The van der Waals surface area contributed by atoms with Gasteiger partial charge in [0.2, 0.25) is 0 Å². The van der Waals surface area contributed by atoms with E-state index in [1.54, 1.807) is 18.2 Å². The predicted octanol–water partition coefficient (Wildman–Crippen LogP) is 3.34. The van der Waals surface area contributed by atoms with Crippen LogP contribution in [0.1, 0.15) is 10.4 Å². The van der Waals surface area contributed by atoms with Gasteiger partial charge in [-0.1, -0.05) is 6.07 Å². The van der Waals surface area contributed by atoms with Crippen molar-refractivity contribution in [3.63, 3.8) is 0 Å². The van der Waals surface area contributed by atoms with E-state index >= 15 is 0 Å². The van der Waals surface area contributed by atoms with Crippen LogP contribution in [0.15, 0.2) is 53.4 Å². The molecule has 0 aliphatic heterocycles. The van der Waals surface area contributed by atoms with Gasteiger partial charge in [0, 0.05) is 16.1 Å². The van der Waals surface area contributed by atoms with Gasteiger partial charge in [0.25, 0.3) is 5.91 Å². The summed E-state index contributed by atoms with van der Waals surface area (Å²) in [6, 6.07) is 12.4. The summed E-state index contributed by atoms with van der Waals surface area (Å²) in [5.41, 5.74) is 0.971. The van der Waals surface area contributed by atoms with Crippen molar-refractivity contribution in [2.24, 2.45) is 0 Å². The van der Waals surface area contributed by atoms with E-state index in [0.29, 0.717) is 11.3 Å². The van der Waals surface area contributed by atoms with E-state index in [1.165, 1.54) is 43.1 Å². The highest BCUT2D eigenvalue weighted by Gasteiger charge is 2.07. The third kappa shape index (κ3) is 4.60. The third-order valence-electron chi connectivity index (χ3n) is 2.78. The maximum Gasteiger partial charge on any atom is 0.315 e. The molecule has 2 aromatic rings. The number of hydrogen-bond acceptors (Lipinski definition) is 4. The van der Waals surface area contributed by atoms with Crippen molar-refractivity contribution < 1.29 is 18.7 Å². The number of ether oxygens (including phenoxy) is 1. The molecule has 0 fully saturated rings. The van der Waals surface area contributed by atoms with E-state index in [4.69, 9.17) is 0 Å². The van der Waals surface area contributed by atoms with Gasteiger partial charge in [0.1, 0.15) is 5.82 Å². The normalized spacial score (nSPS) is 10.1. The molecule has 0 heterocycles. The molecule has 0 radical (unpaired) electrons. The summed E-state index contributed by atoms with van der Waals surface area (Å²) in [6.07, 6.45) is 0. The summed E-state index contributed by atoms with van der Waals surface area (Å²) in [5, 5.41) is 2.73. The van der Waals surface area contributed by atoms with Gasteiger partial charge in [0.05, 0.1) is 12.9 Å². The van der Waals surface area contributed by atoms with Crippen LogP contribution in [0, 0.1) is 5.82 Å². The first-order valence-corrected chi connectivity index (χ1v) is 7.43. The van der Waals surface area contributed by atoms with Crippen molar-refractivity contribution in [2.75, 3.05) is 18.2 Å². The molecule has 0 unspecified atom stereocenters. The Hall–Kier alpha value is -2.34. The predicted molar refractivity (Wildman–Crippen MR) is 83.5 cm³/mol. The minimum absolute atomic E-state index is 0.200. The zero-order chi connectivity index (χ0) is 15.9. The quantitative estimate of drug-likeness (QED) is 0.678. The number of carbonyl (C=O) groups excluding carboxylic acids is 2. The molecule has 0 atom stereocenters. The Balaban J connectivity index is 2.02. The lowest BCUT2D eigenvalue weighted by molar-refractivity contribution is -0.137. The molecule has 0 spiro atoms. The number of nitrogens with one attached hydrogen (secondary N) is 1. The summed E-state index contributed by atoms with van der Waals surface area (Å²) in [4.78, 5) is 24.0. The Morgan fingerprint density at radius 2 is 1.91 bits per heavy atom. The molecule has 0 aliphatic rings. The van der Waals surface area contributed by atoms with E-state index in [2.05, 4.69) is 10.1 Å². The fourth-order valence-corrected chi connectivity index (χ4v) is 2.46. The van der Waals surface area contributed by atoms with Crippen molar-refractivity contribution in [2.45, 2.75) is 4.90 Å². The van der Waals surface area contributed by atoms with E-state index in [1.807, 2.05) is 6.07 Å².